The van der Waals surface area contributed by atoms with Gasteiger partial charge in [0.05, 0.1) is 10.9 Å². The van der Waals surface area contributed by atoms with Crippen LogP contribution in [-0.2, 0) is 21.2 Å². The van der Waals surface area contributed by atoms with Crippen LogP contribution in [0.5, 0.6) is 0 Å². The van der Waals surface area contributed by atoms with E-state index in [9.17, 15) is 18.0 Å². The summed E-state index contributed by atoms with van der Waals surface area (Å²) in [5, 5.41) is 2.60. The number of nitrogens with zero attached hydrogens (tertiary/aromatic N) is 3. The number of hydrogen-bond acceptors (Lipinski definition) is 5. The second-order valence-electron chi connectivity index (χ2n) is 8.22. The van der Waals surface area contributed by atoms with Crippen LogP contribution in [0.2, 0.25) is 0 Å². The summed E-state index contributed by atoms with van der Waals surface area (Å²) >= 11 is 0. The molecule has 2 aliphatic rings. The van der Waals surface area contributed by atoms with Gasteiger partial charge in [-0.05, 0) is 68.5 Å². The standard InChI is InChI=1S/C22H27N5O4S/c1-15-5-8-20(23-14-15)24-21(28)16(2)25-32(30,31)18-6-7-19-17(13-18)9-12-27(19)22(29)26-10-3-4-11-26/h5-8,13-14,16,25H,3-4,9-12H2,1-2H3,(H,23,24,28). The van der Waals surface area contributed by atoms with Crippen molar-refractivity contribution in [2.75, 3.05) is 29.9 Å². The second-order valence-corrected chi connectivity index (χ2v) is 9.94. The topological polar surface area (TPSA) is 112 Å². The lowest BCUT2D eigenvalue weighted by Crippen LogP contribution is -2.41. The average Bonchev–Trinajstić information content (AvgIpc) is 3.44. The zero-order valence-electron chi connectivity index (χ0n) is 18.2. The Morgan fingerprint density at radius 1 is 1.09 bits per heavy atom. The molecular formula is C22H27N5O4S. The van der Waals surface area contributed by atoms with Gasteiger partial charge in [0.2, 0.25) is 15.9 Å². The summed E-state index contributed by atoms with van der Waals surface area (Å²) in [4.78, 5) is 32.9. The molecule has 2 aliphatic heterocycles. The van der Waals surface area contributed by atoms with Gasteiger partial charge in [-0.3, -0.25) is 9.69 Å². The third kappa shape index (κ3) is 4.61. The van der Waals surface area contributed by atoms with Crippen molar-refractivity contribution in [2.45, 2.75) is 44.0 Å². The van der Waals surface area contributed by atoms with Crippen molar-refractivity contribution in [3.8, 4) is 0 Å². The first-order valence-corrected chi connectivity index (χ1v) is 12.2. The third-order valence-corrected chi connectivity index (χ3v) is 7.29. The van der Waals surface area contributed by atoms with Crippen molar-refractivity contribution in [3.05, 3.63) is 47.7 Å². The molecule has 1 saturated heterocycles. The molecule has 10 heteroatoms. The number of likely N-dealkylation sites (tertiary alicyclic amines) is 1. The Hall–Kier alpha value is -2.98. The van der Waals surface area contributed by atoms with E-state index in [4.69, 9.17) is 0 Å². The van der Waals surface area contributed by atoms with Crippen LogP contribution in [0, 0.1) is 6.92 Å². The Balaban J connectivity index is 1.44. The number of benzene rings is 1. The van der Waals surface area contributed by atoms with E-state index in [1.165, 1.54) is 13.0 Å². The summed E-state index contributed by atoms with van der Waals surface area (Å²) in [6.07, 6.45) is 4.24. The zero-order valence-corrected chi connectivity index (χ0v) is 19.0. The number of carbonyl (C=O) groups is 2. The summed E-state index contributed by atoms with van der Waals surface area (Å²) in [5.41, 5.74) is 2.51. The lowest BCUT2D eigenvalue weighted by Gasteiger charge is -2.24. The summed E-state index contributed by atoms with van der Waals surface area (Å²) < 4.78 is 28.2. The van der Waals surface area contributed by atoms with Gasteiger partial charge in [-0.2, -0.15) is 4.72 Å². The van der Waals surface area contributed by atoms with Crippen molar-refractivity contribution >= 4 is 33.5 Å². The molecule has 9 nitrogen and oxygen atoms in total. The van der Waals surface area contributed by atoms with Crippen LogP contribution in [0.1, 0.15) is 30.9 Å². The predicted octanol–water partition coefficient (Wildman–Crippen LogP) is 2.27. The number of anilines is 2. The Labute approximate surface area is 187 Å². The molecule has 170 valence electrons. The Morgan fingerprint density at radius 2 is 1.84 bits per heavy atom. The first-order valence-electron chi connectivity index (χ1n) is 10.7. The van der Waals surface area contributed by atoms with E-state index in [1.807, 2.05) is 11.8 Å². The summed E-state index contributed by atoms with van der Waals surface area (Å²) in [7, 11) is -3.92. The van der Waals surface area contributed by atoms with Crippen LogP contribution in [-0.4, -0.2) is 55.9 Å². The van der Waals surface area contributed by atoms with Gasteiger partial charge < -0.3 is 10.2 Å². The molecule has 4 rings (SSSR count). The van der Waals surface area contributed by atoms with Crippen LogP contribution in [0.4, 0.5) is 16.3 Å². The fourth-order valence-electron chi connectivity index (χ4n) is 3.95. The number of fused-ring (bicyclic) bond motifs is 1. The van der Waals surface area contributed by atoms with E-state index in [-0.39, 0.29) is 10.9 Å². The molecule has 0 aliphatic carbocycles. The molecule has 1 aromatic heterocycles. The molecule has 0 bridgehead atoms. The lowest BCUT2D eigenvalue weighted by molar-refractivity contribution is -0.117. The van der Waals surface area contributed by atoms with Crippen LogP contribution >= 0.6 is 0 Å². The van der Waals surface area contributed by atoms with Gasteiger partial charge in [-0.15, -0.1) is 0 Å². The molecule has 1 aromatic carbocycles. The fraction of sp³-hybridized carbons (Fsp3) is 0.409. The van der Waals surface area contributed by atoms with Gasteiger partial charge in [-0.1, -0.05) is 6.07 Å². The van der Waals surface area contributed by atoms with Gasteiger partial charge in [0, 0.05) is 31.5 Å². The lowest BCUT2D eigenvalue weighted by atomic mass is 10.2. The quantitative estimate of drug-likeness (QED) is 0.715. The van der Waals surface area contributed by atoms with Crippen LogP contribution in [0.3, 0.4) is 0 Å². The zero-order chi connectivity index (χ0) is 22.9. The number of urea groups is 1. The first-order chi connectivity index (χ1) is 15.2. The molecule has 32 heavy (non-hydrogen) atoms. The number of amides is 3. The predicted molar refractivity (Wildman–Crippen MR) is 121 cm³/mol. The number of hydrogen-bond donors (Lipinski definition) is 2. The highest BCUT2D eigenvalue weighted by Gasteiger charge is 2.31. The molecule has 2 N–H and O–H groups in total. The molecule has 0 saturated carbocycles. The summed E-state index contributed by atoms with van der Waals surface area (Å²) in [6, 6.07) is 7.18. The van der Waals surface area contributed by atoms with Crippen LogP contribution in [0.15, 0.2) is 41.4 Å². The minimum absolute atomic E-state index is 0.0232. The minimum Gasteiger partial charge on any atom is -0.324 e. The number of carbonyl (C=O) groups excluding carboxylic acids is 2. The first kappa shape index (κ1) is 22.2. The smallest absolute Gasteiger partial charge is 0.324 e. The maximum atomic E-state index is 12.9. The van der Waals surface area contributed by atoms with E-state index in [1.54, 1.807) is 35.4 Å². The monoisotopic (exact) mass is 457 g/mol. The molecule has 2 aromatic rings. The molecule has 1 fully saturated rings. The third-order valence-electron chi connectivity index (χ3n) is 5.75. The fourth-order valence-corrected chi connectivity index (χ4v) is 5.21. The van der Waals surface area contributed by atoms with E-state index in [0.717, 1.165) is 42.7 Å². The number of sulfonamides is 1. The van der Waals surface area contributed by atoms with E-state index in [0.29, 0.717) is 18.8 Å². The normalized spacial score (nSPS) is 16.7. The van der Waals surface area contributed by atoms with Crippen molar-refractivity contribution in [2.24, 2.45) is 0 Å². The maximum Gasteiger partial charge on any atom is 0.324 e. The van der Waals surface area contributed by atoms with Crippen molar-refractivity contribution in [1.82, 2.24) is 14.6 Å². The average molecular weight is 458 g/mol. The Morgan fingerprint density at radius 3 is 2.53 bits per heavy atom. The molecule has 3 amide bonds. The van der Waals surface area contributed by atoms with E-state index < -0.39 is 22.0 Å². The van der Waals surface area contributed by atoms with E-state index >= 15 is 0 Å². The molecule has 3 heterocycles. The highest BCUT2D eigenvalue weighted by atomic mass is 32.2. The highest BCUT2D eigenvalue weighted by molar-refractivity contribution is 7.89. The molecule has 1 unspecified atom stereocenters. The minimum atomic E-state index is -3.92. The Bertz CT molecular complexity index is 1130. The van der Waals surface area contributed by atoms with Crippen molar-refractivity contribution in [3.63, 3.8) is 0 Å². The highest BCUT2D eigenvalue weighted by Crippen LogP contribution is 2.31. The summed E-state index contributed by atoms with van der Waals surface area (Å²) in [6.45, 7) is 5.42. The second kappa shape index (κ2) is 8.87. The SMILES string of the molecule is Cc1ccc(NC(=O)C(C)NS(=O)(=O)c2ccc3c(c2)CCN3C(=O)N2CCCC2)nc1. The molecule has 0 radical (unpaired) electrons. The Kier molecular flexibility index (Phi) is 6.16. The number of rotatable bonds is 5. The van der Waals surface area contributed by atoms with Gasteiger partial charge in [0.1, 0.15) is 5.82 Å². The van der Waals surface area contributed by atoms with Gasteiger partial charge in [0.25, 0.3) is 0 Å². The molecule has 1 atom stereocenters. The van der Waals surface area contributed by atoms with Gasteiger partial charge in [-0.25, -0.2) is 18.2 Å². The van der Waals surface area contributed by atoms with E-state index in [2.05, 4.69) is 15.0 Å². The number of nitrogens with one attached hydrogen (secondary N) is 2. The van der Waals surface area contributed by atoms with Crippen molar-refractivity contribution in [1.29, 1.82) is 0 Å². The van der Waals surface area contributed by atoms with Gasteiger partial charge in [0.15, 0.2) is 0 Å². The number of aromatic nitrogens is 1. The number of pyridine rings is 1. The maximum absolute atomic E-state index is 12.9. The van der Waals surface area contributed by atoms with Crippen LogP contribution < -0.4 is 14.9 Å². The number of aryl methyl sites for hydroxylation is 1. The van der Waals surface area contributed by atoms with Crippen LogP contribution in [0.25, 0.3) is 0 Å². The van der Waals surface area contributed by atoms with Gasteiger partial charge >= 0.3 is 6.03 Å². The molecule has 0 spiro atoms. The summed E-state index contributed by atoms with van der Waals surface area (Å²) in [5.74, 6) is -0.152. The largest absolute Gasteiger partial charge is 0.324 e. The van der Waals surface area contributed by atoms with Crippen molar-refractivity contribution < 1.29 is 18.0 Å². The molecular weight excluding hydrogens is 430 g/mol.